The zero-order chi connectivity index (χ0) is 16.6. The minimum absolute atomic E-state index is 0.128. The zero-order valence-corrected chi connectivity index (χ0v) is 14.2. The van der Waals surface area contributed by atoms with Crippen LogP contribution in [0.1, 0.15) is 37.0 Å². The van der Waals surface area contributed by atoms with E-state index in [1.165, 1.54) is 16.4 Å². The van der Waals surface area contributed by atoms with Crippen LogP contribution in [0.5, 0.6) is 0 Å². The number of benzene rings is 1. The van der Waals surface area contributed by atoms with Crippen LogP contribution in [0.25, 0.3) is 0 Å². The maximum atomic E-state index is 12.7. The van der Waals surface area contributed by atoms with Gasteiger partial charge < -0.3 is 10.1 Å². The van der Waals surface area contributed by atoms with E-state index in [1.54, 1.807) is 12.1 Å². The average Bonchev–Trinajstić information content (AvgIpc) is 3.30. The van der Waals surface area contributed by atoms with Gasteiger partial charge in [0.1, 0.15) is 0 Å². The highest BCUT2D eigenvalue weighted by atomic mass is 32.2. The summed E-state index contributed by atoms with van der Waals surface area (Å²) in [6.45, 7) is 4.42. The van der Waals surface area contributed by atoms with Crippen LogP contribution in [0, 0.1) is 0 Å². The summed E-state index contributed by atoms with van der Waals surface area (Å²) in [5.41, 5.74) is 0.486. The number of ether oxygens (including phenoxy) is 1. The third kappa shape index (κ3) is 3.73. The zero-order valence-electron chi connectivity index (χ0n) is 13.4. The van der Waals surface area contributed by atoms with Gasteiger partial charge in [0.15, 0.2) is 0 Å². The summed E-state index contributed by atoms with van der Waals surface area (Å²) in [6, 6.07) is 6.42. The standard InChI is InChI=1S/C16H22N2O4S/c1-11-9-18(10-12(2)22-11)23(20,21)15-7-3-13(4-8-15)16(19)17-14-5-6-14/h3-4,7-8,11-12,14H,5-6,9-10H2,1-2H3,(H,17,19)/t11-,12+. The molecule has 1 saturated carbocycles. The lowest BCUT2D eigenvalue weighted by Crippen LogP contribution is -2.48. The molecule has 2 aliphatic rings. The largest absolute Gasteiger partial charge is 0.373 e. The number of amides is 1. The molecule has 1 heterocycles. The number of hydrogen-bond acceptors (Lipinski definition) is 4. The van der Waals surface area contributed by atoms with Gasteiger partial charge in [-0.15, -0.1) is 0 Å². The smallest absolute Gasteiger partial charge is 0.251 e. The van der Waals surface area contributed by atoms with Crippen LogP contribution in [0.2, 0.25) is 0 Å². The Kier molecular flexibility index (Phi) is 4.44. The number of rotatable bonds is 4. The second kappa shape index (κ2) is 6.22. The first-order valence-corrected chi connectivity index (χ1v) is 9.37. The van der Waals surface area contributed by atoms with Crippen LogP contribution in [-0.4, -0.2) is 50.0 Å². The van der Waals surface area contributed by atoms with Crippen LogP contribution < -0.4 is 5.32 Å². The Balaban J connectivity index is 1.75. The van der Waals surface area contributed by atoms with E-state index in [0.717, 1.165) is 12.8 Å². The number of sulfonamides is 1. The molecule has 1 N–H and O–H groups in total. The molecule has 23 heavy (non-hydrogen) atoms. The fourth-order valence-corrected chi connectivity index (χ4v) is 4.34. The van der Waals surface area contributed by atoms with Crippen molar-refractivity contribution >= 4 is 15.9 Å². The molecule has 0 spiro atoms. The predicted octanol–water partition coefficient (Wildman–Crippen LogP) is 1.38. The van der Waals surface area contributed by atoms with E-state index in [2.05, 4.69) is 5.32 Å². The Bertz CT molecular complexity index is 673. The molecule has 0 radical (unpaired) electrons. The summed E-state index contributed by atoms with van der Waals surface area (Å²) in [7, 11) is -3.56. The molecule has 0 unspecified atom stereocenters. The molecule has 1 aromatic rings. The Morgan fingerprint density at radius 3 is 2.22 bits per heavy atom. The number of carbonyl (C=O) groups is 1. The van der Waals surface area contributed by atoms with Crippen LogP contribution in [0.4, 0.5) is 0 Å². The van der Waals surface area contributed by atoms with Gasteiger partial charge in [-0.1, -0.05) is 0 Å². The van der Waals surface area contributed by atoms with Crippen LogP contribution in [0.3, 0.4) is 0 Å². The van der Waals surface area contributed by atoms with Gasteiger partial charge in [0.25, 0.3) is 5.91 Å². The molecule has 2 atom stereocenters. The van der Waals surface area contributed by atoms with E-state index in [1.807, 2.05) is 13.8 Å². The summed E-state index contributed by atoms with van der Waals surface area (Å²) in [5, 5.41) is 2.89. The van der Waals surface area contributed by atoms with Crippen molar-refractivity contribution in [3.63, 3.8) is 0 Å². The maximum absolute atomic E-state index is 12.7. The Morgan fingerprint density at radius 1 is 1.13 bits per heavy atom. The predicted molar refractivity (Wildman–Crippen MR) is 85.7 cm³/mol. The molecule has 1 amide bonds. The average molecular weight is 338 g/mol. The molecule has 1 saturated heterocycles. The number of nitrogens with zero attached hydrogens (tertiary/aromatic N) is 1. The highest BCUT2D eigenvalue weighted by Crippen LogP contribution is 2.22. The van der Waals surface area contributed by atoms with Gasteiger partial charge in [-0.3, -0.25) is 4.79 Å². The lowest BCUT2D eigenvalue weighted by atomic mass is 10.2. The molecule has 7 heteroatoms. The van der Waals surface area contributed by atoms with Gasteiger partial charge >= 0.3 is 0 Å². The molecular formula is C16H22N2O4S. The molecule has 3 rings (SSSR count). The lowest BCUT2D eigenvalue weighted by Gasteiger charge is -2.34. The summed E-state index contributed by atoms with van der Waals surface area (Å²) in [6.07, 6.45) is 1.78. The Morgan fingerprint density at radius 2 is 1.70 bits per heavy atom. The molecule has 1 aromatic carbocycles. The van der Waals surface area contributed by atoms with Crippen molar-refractivity contribution < 1.29 is 17.9 Å². The fraction of sp³-hybridized carbons (Fsp3) is 0.562. The number of morpholine rings is 1. The van der Waals surface area contributed by atoms with Crippen molar-refractivity contribution in [1.29, 1.82) is 0 Å². The first kappa shape index (κ1) is 16.4. The minimum Gasteiger partial charge on any atom is -0.373 e. The highest BCUT2D eigenvalue weighted by Gasteiger charge is 2.32. The third-order valence-corrected chi connectivity index (χ3v) is 5.90. The molecule has 6 nitrogen and oxygen atoms in total. The quantitative estimate of drug-likeness (QED) is 0.900. The van der Waals surface area contributed by atoms with Crippen molar-refractivity contribution in [2.45, 2.75) is 49.8 Å². The van der Waals surface area contributed by atoms with Crippen molar-refractivity contribution in [1.82, 2.24) is 9.62 Å². The molecule has 0 aromatic heterocycles. The summed E-state index contributed by atoms with van der Waals surface area (Å²) in [5.74, 6) is -0.148. The second-order valence-electron chi connectivity index (χ2n) is 6.35. The molecular weight excluding hydrogens is 316 g/mol. The summed E-state index contributed by atoms with van der Waals surface area (Å²) in [4.78, 5) is 12.2. The van der Waals surface area contributed by atoms with Crippen molar-refractivity contribution in [2.24, 2.45) is 0 Å². The van der Waals surface area contributed by atoms with Gasteiger partial charge in [0, 0.05) is 24.7 Å². The van der Waals surface area contributed by atoms with Gasteiger partial charge in [-0.25, -0.2) is 8.42 Å². The van der Waals surface area contributed by atoms with E-state index in [-0.39, 0.29) is 29.1 Å². The van der Waals surface area contributed by atoms with E-state index in [0.29, 0.717) is 18.7 Å². The van der Waals surface area contributed by atoms with Gasteiger partial charge in [0.2, 0.25) is 10.0 Å². The van der Waals surface area contributed by atoms with Crippen LogP contribution in [-0.2, 0) is 14.8 Å². The maximum Gasteiger partial charge on any atom is 0.251 e. The highest BCUT2D eigenvalue weighted by molar-refractivity contribution is 7.89. The van der Waals surface area contributed by atoms with Gasteiger partial charge in [-0.2, -0.15) is 4.31 Å². The summed E-state index contributed by atoms with van der Waals surface area (Å²) < 4.78 is 32.5. The van der Waals surface area contributed by atoms with Crippen molar-refractivity contribution in [3.05, 3.63) is 29.8 Å². The topological polar surface area (TPSA) is 75.7 Å². The molecule has 1 aliphatic carbocycles. The Hall–Kier alpha value is -1.44. The van der Waals surface area contributed by atoms with E-state index in [4.69, 9.17) is 4.74 Å². The van der Waals surface area contributed by atoms with E-state index >= 15 is 0 Å². The Labute approximate surface area is 136 Å². The molecule has 2 fully saturated rings. The molecule has 0 bridgehead atoms. The van der Waals surface area contributed by atoms with E-state index < -0.39 is 10.0 Å². The first-order valence-electron chi connectivity index (χ1n) is 7.93. The molecule has 1 aliphatic heterocycles. The van der Waals surface area contributed by atoms with Crippen LogP contribution >= 0.6 is 0 Å². The number of nitrogens with one attached hydrogen (secondary N) is 1. The number of carbonyl (C=O) groups excluding carboxylic acids is 1. The van der Waals surface area contributed by atoms with Gasteiger partial charge in [0.05, 0.1) is 17.1 Å². The monoisotopic (exact) mass is 338 g/mol. The summed E-state index contributed by atoms with van der Waals surface area (Å²) >= 11 is 0. The first-order chi connectivity index (χ1) is 10.9. The molecule has 126 valence electrons. The van der Waals surface area contributed by atoms with E-state index in [9.17, 15) is 13.2 Å². The lowest BCUT2D eigenvalue weighted by molar-refractivity contribution is -0.0440. The third-order valence-electron chi connectivity index (χ3n) is 4.05. The SMILES string of the molecule is C[C@@H]1CN(S(=O)(=O)c2ccc(C(=O)NC3CC3)cc2)C[C@H](C)O1. The number of hydrogen-bond donors (Lipinski definition) is 1. The van der Waals surface area contributed by atoms with Gasteiger partial charge in [-0.05, 0) is 51.0 Å². The normalized spacial score (nSPS) is 26.0. The minimum atomic E-state index is -3.56. The fourth-order valence-electron chi connectivity index (χ4n) is 2.75. The van der Waals surface area contributed by atoms with Crippen LogP contribution in [0.15, 0.2) is 29.2 Å². The van der Waals surface area contributed by atoms with Crippen molar-refractivity contribution in [3.8, 4) is 0 Å². The van der Waals surface area contributed by atoms with Crippen molar-refractivity contribution in [2.75, 3.05) is 13.1 Å². The second-order valence-corrected chi connectivity index (χ2v) is 8.29.